The van der Waals surface area contributed by atoms with Crippen LogP contribution in [0.1, 0.15) is 41.5 Å². The fourth-order valence-corrected chi connectivity index (χ4v) is 2.70. The van der Waals surface area contributed by atoms with Crippen molar-refractivity contribution in [1.29, 1.82) is 0 Å². The Hall–Kier alpha value is -0.410. The maximum Gasteiger partial charge on any atom is 0.0959 e. The first kappa shape index (κ1) is 8.86. The van der Waals surface area contributed by atoms with E-state index < -0.39 is 0 Å². The number of nitrogens with one attached hydrogen (secondary N) is 1. The largest absolute Gasteiger partial charge is 0.312 e. The van der Waals surface area contributed by atoms with E-state index in [0.29, 0.717) is 0 Å². The summed E-state index contributed by atoms with van der Waals surface area (Å²) in [5, 5.41) is 4.88. The third-order valence-electron chi connectivity index (χ3n) is 2.93. The molecule has 0 radical (unpaired) electrons. The van der Waals surface area contributed by atoms with Gasteiger partial charge in [0, 0.05) is 23.5 Å². The van der Waals surface area contributed by atoms with Gasteiger partial charge in [-0.3, -0.25) is 0 Å². The third-order valence-corrected chi connectivity index (χ3v) is 4.09. The van der Waals surface area contributed by atoms with Crippen LogP contribution in [-0.4, -0.2) is 11.5 Å². The second-order valence-electron chi connectivity index (χ2n) is 4.51. The SMILES string of the molecule is c1nc(C2CC2)sc1CNCC1CC1. The Morgan fingerprint density at radius 3 is 2.93 bits per heavy atom. The highest BCUT2D eigenvalue weighted by atomic mass is 32.1. The Labute approximate surface area is 88.7 Å². The van der Waals surface area contributed by atoms with Gasteiger partial charge in [0.15, 0.2) is 0 Å². The van der Waals surface area contributed by atoms with E-state index in [2.05, 4.69) is 16.5 Å². The molecule has 2 nitrogen and oxygen atoms in total. The molecule has 2 saturated carbocycles. The lowest BCUT2D eigenvalue weighted by atomic mass is 10.4. The highest BCUT2D eigenvalue weighted by Gasteiger charge is 2.26. The van der Waals surface area contributed by atoms with Crippen LogP contribution in [0.15, 0.2) is 6.20 Å². The quantitative estimate of drug-likeness (QED) is 0.804. The van der Waals surface area contributed by atoms with E-state index in [-0.39, 0.29) is 0 Å². The lowest BCUT2D eigenvalue weighted by molar-refractivity contribution is 0.643. The number of hydrogen-bond donors (Lipinski definition) is 1. The molecule has 0 bridgehead atoms. The van der Waals surface area contributed by atoms with E-state index in [1.54, 1.807) is 0 Å². The maximum absolute atomic E-state index is 4.47. The molecule has 0 amide bonds. The van der Waals surface area contributed by atoms with E-state index in [1.165, 1.54) is 42.1 Å². The third kappa shape index (κ3) is 2.15. The van der Waals surface area contributed by atoms with Gasteiger partial charge in [-0.2, -0.15) is 0 Å². The minimum Gasteiger partial charge on any atom is -0.312 e. The summed E-state index contributed by atoms with van der Waals surface area (Å²) in [6, 6.07) is 0. The molecule has 1 heterocycles. The highest BCUT2D eigenvalue weighted by Crippen LogP contribution is 2.41. The van der Waals surface area contributed by atoms with E-state index in [4.69, 9.17) is 0 Å². The van der Waals surface area contributed by atoms with Gasteiger partial charge in [0.25, 0.3) is 0 Å². The Morgan fingerprint density at radius 1 is 1.36 bits per heavy atom. The predicted octanol–water partition coefficient (Wildman–Crippen LogP) is 2.52. The Morgan fingerprint density at radius 2 is 2.21 bits per heavy atom. The van der Waals surface area contributed by atoms with Crippen LogP contribution in [0.4, 0.5) is 0 Å². The van der Waals surface area contributed by atoms with Gasteiger partial charge >= 0.3 is 0 Å². The van der Waals surface area contributed by atoms with Gasteiger partial charge in [-0.1, -0.05) is 0 Å². The summed E-state index contributed by atoms with van der Waals surface area (Å²) in [5.41, 5.74) is 0. The molecule has 0 unspecified atom stereocenters. The average molecular weight is 208 g/mol. The molecule has 14 heavy (non-hydrogen) atoms. The normalized spacial score (nSPS) is 21.4. The molecule has 0 aliphatic heterocycles. The Kier molecular flexibility index (Phi) is 2.30. The molecule has 2 fully saturated rings. The standard InChI is InChI=1S/C11H16N2S/c1-2-8(1)5-12-6-10-7-13-11(14-10)9-3-4-9/h7-9,12H,1-6H2. The monoisotopic (exact) mass is 208 g/mol. The molecule has 3 rings (SSSR count). The fourth-order valence-electron chi connectivity index (χ4n) is 1.64. The molecule has 1 aromatic heterocycles. The van der Waals surface area contributed by atoms with Crippen LogP contribution < -0.4 is 5.32 Å². The molecule has 2 aliphatic carbocycles. The second kappa shape index (κ2) is 3.63. The minimum absolute atomic E-state index is 0.817. The first-order valence-corrected chi connectivity index (χ1v) is 6.39. The number of rotatable bonds is 5. The highest BCUT2D eigenvalue weighted by molar-refractivity contribution is 7.11. The van der Waals surface area contributed by atoms with Crippen LogP contribution in [0.5, 0.6) is 0 Å². The number of nitrogens with zero attached hydrogens (tertiary/aromatic N) is 1. The molecule has 0 saturated heterocycles. The van der Waals surface area contributed by atoms with E-state index in [9.17, 15) is 0 Å². The van der Waals surface area contributed by atoms with Crippen LogP contribution >= 0.6 is 11.3 Å². The van der Waals surface area contributed by atoms with Gasteiger partial charge in [-0.05, 0) is 38.1 Å². The summed E-state index contributed by atoms with van der Waals surface area (Å²) < 4.78 is 0. The van der Waals surface area contributed by atoms with Crippen LogP contribution in [0.25, 0.3) is 0 Å². The van der Waals surface area contributed by atoms with E-state index >= 15 is 0 Å². The summed E-state index contributed by atoms with van der Waals surface area (Å²) in [7, 11) is 0. The summed E-state index contributed by atoms with van der Waals surface area (Å²) in [4.78, 5) is 5.88. The summed E-state index contributed by atoms with van der Waals surface area (Å²) >= 11 is 1.90. The molecular formula is C11H16N2S. The predicted molar refractivity (Wildman–Crippen MR) is 58.5 cm³/mol. The topological polar surface area (TPSA) is 24.9 Å². The van der Waals surface area contributed by atoms with Gasteiger partial charge in [-0.25, -0.2) is 4.98 Å². The Balaban J connectivity index is 1.49. The molecule has 0 atom stereocenters. The number of hydrogen-bond acceptors (Lipinski definition) is 3. The smallest absolute Gasteiger partial charge is 0.0959 e. The van der Waals surface area contributed by atoms with Gasteiger partial charge in [-0.15, -0.1) is 11.3 Å². The van der Waals surface area contributed by atoms with Crippen LogP contribution in [-0.2, 0) is 6.54 Å². The van der Waals surface area contributed by atoms with Gasteiger partial charge in [0.2, 0.25) is 0 Å². The molecule has 3 heteroatoms. The summed E-state index contributed by atoms with van der Waals surface area (Å²) in [6.07, 6.45) is 7.65. The van der Waals surface area contributed by atoms with Gasteiger partial charge in [0.05, 0.1) is 5.01 Å². The molecular weight excluding hydrogens is 192 g/mol. The van der Waals surface area contributed by atoms with Crippen LogP contribution in [0.3, 0.4) is 0 Å². The average Bonchev–Trinajstić information content (AvgIpc) is 3.07. The zero-order chi connectivity index (χ0) is 9.38. The van der Waals surface area contributed by atoms with Crippen molar-refractivity contribution in [2.75, 3.05) is 6.54 Å². The van der Waals surface area contributed by atoms with Gasteiger partial charge in [0.1, 0.15) is 0 Å². The maximum atomic E-state index is 4.47. The van der Waals surface area contributed by atoms with Crippen LogP contribution in [0, 0.1) is 5.92 Å². The molecule has 1 aromatic rings. The molecule has 1 N–H and O–H groups in total. The van der Waals surface area contributed by atoms with Crippen molar-refractivity contribution in [2.24, 2.45) is 5.92 Å². The summed E-state index contributed by atoms with van der Waals surface area (Å²) in [5.74, 6) is 1.79. The molecule has 76 valence electrons. The van der Waals surface area contributed by atoms with Crippen LogP contribution in [0.2, 0.25) is 0 Å². The molecule has 0 aromatic carbocycles. The van der Waals surface area contributed by atoms with Crippen molar-refractivity contribution in [2.45, 2.75) is 38.1 Å². The fraction of sp³-hybridized carbons (Fsp3) is 0.727. The zero-order valence-corrected chi connectivity index (χ0v) is 9.15. The minimum atomic E-state index is 0.817. The van der Waals surface area contributed by atoms with E-state index in [0.717, 1.165) is 18.4 Å². The number of aromatic nitrogens is 1. The molecule has 0 spiro atoms. The number of thiazole rings is 1. The van der Waals surface area contributed by atoms with Crippen molar-refractivity contribution in [1.82, 2.24) is 10.3 Å². The summed E-state index contributed by atoms with van der Waals surface area (Å²) in [6.45, 7) is 2.23. The van der Waals surface area contributed by atoms with E-state index in [1.807, 2.05) is 11.3 Å². The van der Waals surface area contributed by atoms with Crippen molar-refractivity contribution in [3.05, 3.63) is 16.1 Å². The van der Waals surface area contributed by atoms with Crippen molar-refractivity contribution >= 4 is 11.3 Å². The first-order valence-electron chi connectivity index (χ1n) is 5.57. The van der Waals surface area contributed by atoms with Gasteiger partial charge < -0.3 is 5.32 Å². The Bertz CT molecular complexity index is 313. The molecule has 2 aliphatic rings. The van der Waals surface area contributed by atoms with Crippen molar-refractivity contribution in [3.8, 4) is 0 Å². The van der Waals surface area contributed by atoms with Crippen molar-refractivity contribution in [3.63, 3.8) is 0 Å². The lowest BCUT2D eigenvalue weighted by Gasteiger charge is -1.99. The lowest BCUT2D eigenvalue weighted by Crippen LogP contribution is -2.15. The zero-order valence-electron chi connectivity index (χ0n) is 8.33. The van der Waals surface area contributed by atoms with Crippen molar-refractivity contribution < 1.29 is 0 Å². The second-order valence-corrected chi connectivity index (χ2v) is 5.66. The first-order chi connectivity index (χ1) is 6.92.